The zero-order chi connectivity index (χ0) is 20.6. The second-order valence-corrected chi connectivity index (χ2v) is 6.28. The lowest BCUT2D eigenvalue weighted by molar-refractivity contribution is -0.384. The fourth-order valence-corrected chi connectivity index (χ4v) is 2.69. The summed E-state index contributed by atoms with van der Waals surface area (Å²) in [4.78, 5) is 22.5. The number of anilines is 4. The van der Waals surface area contributed by atoms with Crippen molar-refractivity contribution in [2.75, 3.05) is 21.3 Å². The lowest BCUT2D eigenvalue weighted by Gasteiger charge is -2.15. The molecule has 0 heterocycles. The third-order valence-electron chi connectivity index (χ3n) is 3.79. The Balaban J connectivity index is 1.63. The summed E-state index contributed by atoms with van der Waals surface area (Å²) in [5.74, 6) is 0. The van der Waals surface area contributed by atoms with Crippen molar-refractivity contribution in [2.24, 2.45) is 0 Å². The Labute approximate surface area is 172 Å². The molecule has 0 spiro atoms. The molecule has 3 aromatic rings. The Hall–Kier alpha value is -3.98. The van der Waals surface area contributed by atoms with Crippen LogP contribution in [-0.2, 0) is 0 Å². The number of nitro groups is 1. The van der Waals surface area contributed by atoms with E-state index in [1.54, 1.807) is 48.5 Å². The van der Waals surface area contributed by atoms with Crippen LogP contribution >= 0.6 is 12.2 Å². The maximum absolute atomic E-state index is 12.2. The summed E-state index contributed by atoms with van der Waals surface area (Å²) in [6.07, 6.45) is 0. The van der Waals surface area contributed by atoms with Gasteiger partial charge in [0, 0.05) is 23.5 Å². The summed E-state index contributed by atoms with van der Waals surface area (Å²) in [6, 6.07) is 21.7. The molecule has 0 bridgehead atoms. The second kappa shape index (κ2) is 9.29. The van der Waals surface area contributed by atoms with E-state index in [1.807, 2.05) is 18.2 Å². The van der Waals surface area contributed by atoms with Crippen molar-refractivity contribution in [3.63, 3.8) is 0 Å². The number of carbonyl (C=O) groups excluding carboxylic acids is 1. The third kappa shape index (κ3) is 5.75. The molecule has 0 saturated heterocycles. The number of benzene rings is 3. The number of nitrogens with one attached hydrogen (secondary N) is 4. The van der Waals surface area contributed by atoms with E-state index >= 15 is 0 Å². The number of para-hydroxylation sites is 3. The molecular formula is C20H17N5O3S. The van der Waals surface area contributed by atoms with Gasteiger partial charge in [-0.15, -0.1) is 0 Å². The average Bonchev–Trinajstić information content (AvgIpc) is 2.70. The summed E-state index contributed by atoms with van der Waals surface area (Å²) >= 11 is 5.30. The van der Waals surface area contributed by atoms with Crippen LogP contribution in [-0.4, -0.2) is 16.1 Å². The number of nitrogens with zero attached hydrogens (tertiary/aromatic N) is 1. The standard InChI is InChI=1S/C20H17N5O3S/c26-19(21-14-6-2-1-3-7-14)23-17-8-4-5-9-18(17)24-20(29)22-15-10-12-16(13-11-15)25(27)28/h1-13H,(H2,21,23,26)(H2,22,24,29). The topological polar surface area (TPSA) is 108 Å². The first-order chi connectivity index (χ1) is 14.0. The Morgan fingerprint density at radius 1 is 0.724 bits per heavy atom. The number of non-ortho nitro benzene ring substituents is 1. The number of thiocarbonyl (C=S) groups is 1. The highest BCUT2D eigenvalue weighted by molar-refractivity contribution is 7.80. The number of hydrogen-bond donors (Lipinski definition) is 4. The second-order valence-electron chi connectivity index (χ2n) is 5.87. The maximum Gasteiger partial charge on any atom is 0.323 e. The lowest BCUT2D eigenvalue weighted by Crippen LogP contribution is -2.23. The van der Waals surface area contributed by atoms with Gasteiger partial charge in [-0.2, -0.15) is 0 Å². The van der Waals surface area contributed by atoms with Crippen molar-refractivity contribution < 1.29 is 9.72 Å². The van der Waals surface area contributed by atoms with Gasteiger partial charge in [-0.1, -0.05) is 30.3 Å². The molecule has 0 unspecified atom stereocenters. The van der Waals surface area contributed by atoms with Crippen LogP contribution in [0.3, 0.4) is 0 Å². The van der Waals surface area contributed by atoms with Crippen LogP contribution in [0.1, 0.15) is 0 Å². The van der Waals surface area contributed by atoms with Gasteiger partial charge in [-0.25, -0.2) is 4.79 Å². The maximum atomic E-state index is 12.2. The van der Waals surface area contributed by atoms with Crippen molar-refractivity contribution in [3.8, 4) is 0 Å². The van der Waals surface area contributed by atoms with Crippen LogP contribution in [0.2, 0.25) is 0 Å². The zero-order valence-corrected chi connectivity index (χ0v) is 15.9. The van der Waals surface area contributed by atoms with Gasteiger partial charge in [0.1, 0.15) is 0 Å². The van der Waals surface area contributed by atoms with Crippen molar-refractivity contribution in [3.05, 3.63) is 89.0 Å². The van der Waals surface area contributed by atoms with E-state index in [0.29, 0.717) is 22.7 Å². The van der Waals surface area contributed by atoms with Gasteiger partial charge in [-0.3, -0.25) is 10.1 Å². The van der Waals surface area contributed by atoms with Gasteiger partial charge in [0.2, 0.25) is 0 Å². The molecule has 0 fully saturated rings. The summed E-state index contributed by atoms with van der Waals surface area (Å²) < 4.78 is 0. The van der Waals surface area contributed by atoms with Crippen molar-refractivity contribution in [2.45, 2.75) is 0 Å². The first kappa shape index (κ1) is 19.8. The van der Waals surface area contributed by atoms with E-state index in [1.165, 1.54) is 12.1 Å². The van der Waals surface area contributed by atoms with Gasteiger partial charge in [0.05, 0.1) is 16.3 Å². The van der Waals surface area contributed by atoms with Crippen LogP contribution in [0.5, 0.6) is 0 Å². The average molecular weight is 407 g/mol. The van der Waals surface area contributed by atoms with Crippen LogP contribution in [0.25, 0.3) is 0 Å². The predicted molar refractivity (Wildman–Crippen MR) is 118 cm³/mol. The Morgan fingerprint density at radius 3 is 1.90 bits per heavy atom. The molecule has 0 aliphatic rings. The fourth-order valence-electron chi connectivity index (χ4n) is 2.46. The van der Waals surface area contributed by atoms with E-state index < -0.39 is 4.92 Å². The van der Waals surface area contributed by atoms with Crippen LogP contribution in [0, 0.1) is 10.1 Å². The van der Waals surface area contributed by atoms with Gasteiger partial charge in [-0.05, 0) is 48.6 Å². The lowest BCUT2D eigenvalue weighted by atomic mass is 10.2. The quantitative estimate of drug-likeness (QED) is 0.268. The number of carbonyl (C=O) groups is 1. The number of hydrogen-bond acceptors (Lipinski definition) is 4. The molecule has 0 saturated carbocycles. The Kier molecular flexibility index (Phi) is 6.33. The number of rotatable bonds is 5. The summed E-state index contributed by atoms with van der Waals surface area (Å²) in [5, 5.41) is 22.5. The normalized spacial score (nSPS) is 9.93. The SMILES string of the molecule is O=C(Nc1ccccc1)Nc1ccccc1NC(=S)Nc1ccc([N+](=O)[O-])cc1. The minimum absolute atomic E-state index is 0.00611. The molecule has 2 amide bonds. The zero-order valence-electron chi connectivity index (χ0n) is 15.1. The molecule has 0 atom stereocenters. The molecule has 0 radical (unpaired) electrons. The van der Waals surface area contributed by atoms with E-state index in [0.717, 1.165) is 0 Å². The van der Waals surface area contributed by atoms with Crippen LogP contribution in [0.4, 0.5) is 33.2 Å². The van der Waals surface area contributed by atoms with Crippen molar-refractivity contribution >= 4 is 51.8 Å². The smallest absolute Gasteiger partial charge is 0.323 e. The van der Waals surface area contributed by atoms with E-state index in [-0.39, 0.29) is 16.8 Å². The number of urea groups is 1. The van der Waals surface area contributed by atoms with Gasteiger partial charge < -0.3 is 21.3 Å². The highest BCUT2D eigenvalue weighted by Gasteiger charge is 2.09. The minimum atomic E-state index is -0.469. The van der Waals surface area contributed by atoms with Gasteiger partial charge in [0.25, 0.3) is 5.69 Å². The molecule has 29 heavy (non-hydrogen) atoms. The summed E-state index contributed by atoms with van der Waals surface area (Å²) in [5.41, 5.74) is 2.39. The molecule has 0 aromatic heterocycles. The molecule has 4 N–H and O–H groups in total. The molecule has 3 aromatic carbocycles. The third-order valence-corrected chi connectivity index (χ3v) is 4.00. The van der Waals surface area contributed by atoms with Crippen molar-refractivity contribution in [1.82, 2.24) is 0 Å². The highest BCUT2D eigenvalue weighted by Crippen LogP contribution is 2.22. The van der Waals surface area contributed by atoms with E-state index in [9.17, 15) is 14.9 Å². The molecular weight excluding hydrogens is 390 g/mol. The van der Waals surface area contributed by atoms with Gasteiger partial charge in [0.15, 0.2) is 5.11 Å². The Morgan fingerprint density at radius 2 is 1.28 bits per heavy atom. The summed E-state index contributed by atoms with van der Waals surface area (Å²) in [6.45, 7) is 0. The highest BCUT2D eigenvalue weighted by atomic mass is 32.1. The van der Waals surface area contributed by atoms with Crippen molar-refractivity contribution in [1.29, 1.82) is 0 Å². The summed E-state index contributed by atoms with van der Waals surface area (Å²) in [7, 11) is 0. The molecule has 146 valence electrons. The first-order valence-electron chi connectivity index (χ1n) is 8.56. The largest absolute Gasteiger partial charge is 0.332 e. The molecule has 9 heteroatoms. The van der Waals surface area contributed by atoms with E-state index in [4.69, 9.17) is 12.2 Å². The first-order valence-corrected chi connectivity index (χ1v) is 8.96. The number of amides is 2. The van der Waals surface area contributed by atoms with Gasteiger partial charge >= 0.3 is 6.03 Å². The fraction of sp³-hybridized carbons (Fsp3) is 0. The van der Waals surface area contributed by atoms with Crippen LogP contribution < -0.4 is 21.3 Å². The molecule has 0 aliphatic heterocycles. The van der Waals surface area contributed by atoms with E-state index in [2.05, 4.69) is 21.3 Å². The molecule has 3 rings (SSSR count). The Bertz CT molecular complexity index is 1030. The monoisotopic (exact) mass is 407 g/mol. The molecule has 0 aliphatic carbocycles. The van der Waals surface area contributed by atoms with Crippen LogP contribution in [0.15, 0.2) is 78.9 Å². The number of nitro benzene ring substituents is 1. The molecule has 8 nitrogen and oxygen atoms in total. The predicted octanol–water partition coefficient (Wildman–Crippen LogP) is 5.05. The minimum Gasteiger partial charge on any atom is -0.332 e.